The third-order valence-electron chi connectivity index (χ3n) is 2.32. The number of aromatic nitrogens is 1. The molecule has 0 aliphatic carbocycles. The Morgan fingerprint density at radius 2 is 2.22 bits per heavy atom. The van der Waals surface area contributed by atoms with Gasteiger partial charge in [-0.1, -0.05) is 18.5 Å². The van der Waals surface area contributed by atoms with Gasteiger partial charge in [0.1, 0.15) is 5.02 Å². The molecule has 0 saturated carbocycles. The van der Waals surface area contributed by atoms with Gasteiger partial charge in [0.05, 0.1) is 4.90 Å². The van der Waals surface area contributed by atoms with Gasteiger partial charge in [0, 0.05) is 18.0 Å². The van der Waals surface area contributed by atoms with Gasteiger partial charge in [-0.2, -0.15) is 11.8 Å². The fourth-order valence-corrected chi connectivity index (χ4v) is 3.69. The maximum absolute atomic E-state index is 12.0. The lowest BCUT2D eigenvalue weighted by atomic mass is 10.3. The van der Waals surface area contributed by atoms with Gasteiger partial charge in [-0.15, -0.1) is 0 Å². The Morgan fingerprint density at radius 3 is 2.72 bits per heavy atom. The van der Waals surface area contributed by atoms with Crippen molar-refractivity contribution in [2.45, 2.75) is 24.3 Å². The Hall–Kier alpha value is -0.500. The van der Waals surface area contributed by atoms with Crippen LogP contribution in [0.25, 0.3) is 0 Å². The summed E-state index contributed by atoms with van der Waals surface area (Å²) in [4.78, 5) is 13.3. The molecule has 5 nitrogen and oxygen atoms in total. The quantitative estimate of drug-likeness (QED) is 0.833. The predicted molar refractivity (Wildman–Crippen MR) is 74.9 cm³/mol. The molecule has 0 aliphatic rings. The Balaban J connectivity index is 2.98. The molecule has 0 fully saturated rings. The lowest BCUT2D eigenvalue weighted by Crippen LogP contribution is -2.36. The molecule has 0 spiro atoms. The highest BCUT2D eigenvalue weighted by Crippen LogP contribution is 2.12. The lowest BCUT2D eigenvalue weighted by molar-refractivity contribution is 0.558. The SMILES string of the molecule is CCC(CSC)NS(=O)(=O)c1c[nH]c(=O)c(Cl)c1. The molecular formula is C10H15ClN2O3S2. The number of hydrogen-bond donors (Lipinski definition) is 2. The molecule has 1 atom stereocenters. The zero-order valence-electron chi connectivity index (χ0n) is 10.1. The number of aromatic amines is 1. The first-order valence-electron chi connectivity index (χ1n) is 5.30. The minimum absolute atomic E-state index is 0.0355. The minimum atomic E-state index is -3.65. The zero-order chi connectivity index (χ0) is 13.8. The number of hydrogen-bond acceptors (Lipinski definition) is 4. The molecule has 0 radical (unpaired) electrons. The molecule has 0 amide bonds. The van der Waals surface area contributed by atoms with Crippen LogP contribution in [-0.4, -0.2) is 31.5 Å². The van der Waals surface area contributed by atoms with Gasteiger partial charge in [-0.05, 0) is 18.7 Å². The van der Waals surface area contributed by atoms with Crippen LogP contribution in [-0.2, 0) is 10.0 Å². The van der Waals surface area contributed by atoms with Crippen LogP contribution in [0, 0.1) is 0 Å². The van der Waals surface area contributed by atoms with Crippen molar-refractivity contribution in [2.75, 3.05) is 12.0 Å². The summed E-state index contributed by atoms with van der Waals surface area (Å²) in [7, 11) is -3.65. The van der Waals surface area contributed by atoms with E-state index in [1.807, 2.05) is 13.2 Å². The van der Waals surface area contributed by atoms with Gasteiger partial charge in [-0.25, -0.2) is 13.1 Å². The van der Waals surface area contributed by atoms with Crippen molar-refractivity contribution < 1.29 is 8.42 Å². The Labute approximate surface area is 115 Å². The molecule has 1 aromatic rings. The van der Waals surface area contributed by atoms with Gasteiger partial charge in [0.15, 0.2) is 0 Å². The number of thioether (sulfide) groups is 1. The number of halogens is 1. The molecule has 0 aromatic carbocycles. The van der Waals surface area contributed by atoms with Crippen LogP contribution in [0.5, 0.6) is 0 Å². The monoisotopic (exact) mass is 310 g/mol. The van der Waals surface area contributed by atoms with Crippen molar-refractivity contribution in [3.05, 3.63) is 27.6 Å². The second kappa shape index (κ2) is 6.60. The summed E-state index contributed by atoms with van der Waals surface area (Å²) >= 11 is 7.18. The largest absolute Gasteiger partial charge is 0.326 e. The average molecular weight is 311 g/mol. The minimum Gasteiger partial charge on any atom is -0.326 e. The molecule has 1 unspecified atom stereocenters. The highest BCUT2D eigenvalue weighted by atomic mass is 35.5. The summed E-state index contributed by atoms with van der Waals surface area (Å²) in [6.45, 7) is 1.91. The molecule has 0 saturated heterocycles. The second-order valence-corrected chi connectivity index (χ2v) is 6.73. The van der Waals surface area contributed by atoms with E-state index in [2.05, 4.69) is 9.71 Å². The first kappa shape index (κ1) is 15.6. The maximum atomic E-state index is 12.0. The van der Waals surface area contributed by atoms with E-state index < -0.39 is 15.6 Å². The van der Waals surface area contributed by atoms with Crippen molar-refractivity contribution in [1.82, 2.24) is 9.71 Å². The molecular weight excluding hydrogens is 296 g/mol. The molecule has 1 aromatic heterocycles. The molecule has 0 aliphatic heterocycles. The van der Waals surface area contributed by atoms with Gasteiger partial charge in [0.25, 0.3) is 5.56 Å². The number of sulfonamides is 1. The fraction of sp³-hybridized carbons (Fsp3) is 0.500. The second-order valence-electron chi connectivity index (χ2n) is 3.69. The Morgan fingerprint density at radius 1 is 1.56 bits per heavy atom. The Kier molecular flexibility index (Phi) is 5.71. The fourth-order valence-electron chi connectivity index (χ4n) is 1.32. The third kappa shape index (κ3) is 4.01. The van der Waals surface area contributed by atoms with E-state index in [4.69, 9.17) is 11.6 Å². The van der Waals surface area contributed by atoms with Crippen LogP contribution in [0.15, 0.2) is 22.0 Å². The summed E-state index contributed by atoms with van der Waals surface area (Å²) in [6, 6.07) is 1.00. The van der Waals surface area contributed by atoms with E-state index in [9.17, 15) is 13.2 Å². The maximum Gasteiger partial charge on any atom is 0.266 e. The van der Waals surface area contributed by atoms with Gasteiger partial charge < -0.3 is 4.98 Å². The average Bonchev–Trinajstić information content (AvgIpc) is 2.31. The number of rotatable bonds is 6. The summed E-state index contributed by atoms with van der Waals surface area (Å²) in [6.07, 6.45) is 3.74. The Bertz CT molecular complexity index is 556. The van der Waals surface area contributed by atoms with E-state index in [-0.39, 0.29) is 16.0 Å². The van der Waals surface area contributed by atoms with Crippen molar-refractivity contribution in [2.24, 2.45) is 0 Å². The van der Waals surface area contributed by atoms with Crippen LogP contribution >= 0.6 is 23.4 Å². The highest BCUT2D eigenvalue weighted by Gasteiger charge is 2.19. The number of nitrogens with one attached hydrogen (secondary N) is 2. The third-order valence-corrected chi connectivity index (χ3v) is 4.84. The van der Waals surface area contributed by atoms with Crippen molar-refractivity contribution in [3.63, 3.8) is 0 Å². The molecule has 1 heterocycles. The van der Waals surface area contributed by atoms with Crippen LogP contribution in [0.2, 0.25) is 5.02 Å². The molecule has 2 N–H and O–H groups in total. The molecule has 8 heteroatoms. The molecule has 1 rings (SSSR count). The summed E-state index contributed by atoms with van der Waals surface area (Å²) in [5.41, 5.74) is -0.508. The van der Waals surface area contributed by atoms with Crippen LogP contribution in [0.4, 0.5) is 0 Å². The van der Waals surface area contributed by atoms with Crippen LogP contribution in [0.1, 0.15) is 13.3 Å². The van der Waals surface area contributed by atoms with Crippen molar-refractivity contribution >= 4 is 33.4 Å². The van der Waals surface area contributed by atoms with E-state index in [1.54, 1.807) is 11.8 Å². The van der Waals surface area contributed by atoms with Crippen molar-refractivity contribution in [1.29, 1.82) is 0 Å². The molecule has 0 bridgehead atoms. The zero-order valence-corrected chi connectivity index (χ0v) is 12.5. The molecule has 102 valence electrons. The van der Waals surface area contributed by atoms with E-state index in [1.165, 1.54) is 0 Å². The van der Waals surface area contributed by atoms with E-state index in [0.29, 0.717) is 12.2 Å². The van der Waals surface area contributed by atoms with Crippen LogP contribution < -0.4 is 10.3 Å². The standard InChI is InChI=1S/C10H15ClN2O3S2/c1-3-7(6-17-2)13-18(15,16)8-4-9(11)10(14)12-5-8/h4-5,7,13H,3,6H2,1-2H3,(H,12,14). The summed E-state index contributed by atoms with van der Waals surface area (Å²) < 4.78 is 26.7. The highest BCUT2D eigenvalue weighted by molar-refractivity contribution is 7.98. The van der Waals surface area contributed by atoms with Crippen molar-refractivity contribution in [3.8, 4) is 0 Å². The molecule has 18 heavy (non-hydrogen) atoms. The lowest BCUT2D eigenvalue weighted by Gasteiger charge is -2.15. The smallest absolute Gasteiger partial charge is 0.266 e. The predicted octanol–water partition coefficient (Wildman–Crippen LogP) is 1.45. The van der Waals surface area contributed by atoms with E-state index in [0.717, 1.165) is 12.3 Å². The van der Waals surface area contributed by atoms with E-state index >= 15 is 0 Å². The van der Waals surface area contributed by atoms with Gasteiger partial charge in [0.2, 0.25) is 10.0 Å². The number of H-pyrrole nitrogens is 1. The summed E-state index contributed by atoms with van der Waals surface area (Å²) in [5.74, 6) is 0.687. The topological polar surface area (TPSA) is 79.0 Å². The van der Waals surface area contributed by atoms with Gasteiger partial charge in [-0.3, -0.25) is 4.79 Å². The normalized spacial score (nSPS) is 13.5. The van der Waals surface area contributed by atoms with Gasteiger partial charge >= 0.3 is 0 Å². The first-order valence-corrected chi connectivity index (χ1v) is 8.55. The summed E-state index contributed by atoms with van der Waals surface area (Å²) in [5, 5.41) is -0.143. The van der Waals surface area contributed by atoms with Crippen LogP contribution in [0.3, 0.4) is 0 Å². The first-order chi connectivity index (χ1) is 8.40. The number of pyridine rings is 1.